The van der Waals surface area contributed by atoms with Crippen molar-refractivity contribution in [1.82, 2.24) is 9.88 Å². The number of hydrogen-bond donors (Lipinski definition) is 1. The van der Waals surface area contributed by atoms with E-state index in [-0.39, 0.29) is 18.6 Å². The Morgan fingerprint density at radius 2 is 2.39 bits per heavy atom. The van der Waals surface area contributed by atoms with Crippen molar-refractivity contribution in [2.24, 2.45) is 0 Å². The molecule has 2 rings (SSSR count). The van der Waals surface area contributed by atoms with Gasteiger partial charge in [0.15, 0.2) is 0 Å². The molecule has 98 valence electrons. The Kier molecular flexibility index (Phi) is 3.82. The second-order valence-corrected chi connectivity index (χ2v) is 5.79. The van der Waals surface area contributed by atoms with E-state index in [1.807, 2.05) is 19.1 Å². The third-order valence-corrected chi connectivity index (χ3v) is 4.46. The first kappa shape index (κ1) is 13.2. The van der Waals surface area contributed by atoms with E-state index < -0.39 is 0 Å². The van der Waals surface area contributed by atoms with E-state index in [1.54, 1.807) is 4.90 Å². The average molecular weight is 266 g/mol. The third-order valence-electron chi connectivity index (χ3n) is 3.01. The molecule has 0 aliphatic carbocycles. The lowest BCUT2D eigenvalue weighted by Crippen LogP contribution is -2.38. The minimum Gasteiger partial charge on any atom is -0.394 e. The van der Waals surface area contributed by atoms with E-state index in [0.29, 0.717) is 17.3 Å². The molecule has 1 aromatic rings. The number of aliphatic hydroxyl groups is 1. The van der Waals surface area contributed by atoms with Crippen LogP contribution in [0.25, 0.3) is 0 Å². The van der Waals surface area contributed by atoms with Crippen molar-refractivity contribution in [3.63, 3.8) is 0 Å². The van der Waals surface area contributed by atoms with E-state index in [9.17, 15) is 9.90 Å². The molecule has 0 aromatic carbocycles. The van der Waals surface area contributed by atoms with Gasteiger partial charge in [-0.1, -0.05) is 26.0 Å². The maximum Gasteiger partial charge on any atom is 0.266 e. The molecule has 0 fully saturated rings. The number of aliphatic hydroxyl groups excluding tert-OH is 1. The summed E-state index contributed by atoms with van der Waals surface area (Å²) in [6.45, 7) is 6.55. The van der Waals surface area contributed by atoms with Crippen molar-refractivity contribution in [2.45, 2.75) is 32.7 Å². The maximum atomic E-state index is 12.4. The number of thiazole rings is 1. The molecule has 0 unspecified atom stereocenters. The lowest BCUT2D eigenvalue weighted by molar-refractivity contribution is 0.0704. The Morgan fingerprint density at radius 1 is 1.67 bits per heavy atom. The van der Waals surface area contributed by atoms with Crippen LogP contribution in [0.5, 0.6) is 0 Å². The first-order valence-corrected chi connectivity index (χ1v) is 6.92. The van der Waals surface area contributed by atoms with Gasteiger partial charge in [0.25, 0.3) is 5.91 Å². The summed E-state index contributed by atoms with van der Waals surface area (Å²) in [5.41, 5.74) is 0.789. The topological polar surface area (TPSA) is 53.4 Å². The van der Waals surface area contributed by atoms with Gasteiger partial charge in [-0.3, -0.25) is 4.79 Å². The number of amides is 1. The predicted molar refractivity (Wildman–Crippen MR) is 72.0 cm³/mol. The fourth-order valence-corrected chi connectivity index (χ4v) is 2.98. The lowest BCUT2D eigenvalue weighted by atomic mass is 10.2. The van der Waals surface area contributed by atoms with Gasteiger partial charge in [0, 0.05) is 12.5 Å². The Labute approximate surface area is 111 Å². The van der Waals surface area contributed by atoms with Crippen LogP contribution >= 0.6 is 11.3 Å². The summed E-state index contributed by atoms with van der Waals surface area (Å²) in [6.07, 6.45) is 3.79. The van der Waals surface area contributed by atoms with Gasteiger partial charge < -0.3 is 10.0 Å². The van der Waals surface area contributed by atoms with Crippen LogP contribution in [-0.4, -0.2) is 40.1 Å². The quantitative estimate of drug-likeness (QED) is 0.851. The molecule has 1 aliphatic rings. The summed E-state index contributed by atoms with van der Waals surface area (Å²) in [6, 6.07) is -0.193. The SMILES string of the molecule is Cc1nc(C(C)C)sc1C(=O)N1CC=C[C@@H]1CO. The molecule has 0 radical (unpaired) electrons. The number of nitrogens with zero attached hydrogens (tertiary/aromatic N) is 2. The van der Waals surface area contributed by atoms with Gasteiger partial charge in [-0.15, -0.1) is 11.3 Å². The standard InChI is InChI=1S/C13H18N2O2S/c1-8(2)12-14-9(3)11(18-12)13(17)15-6-4-5-10(15)7-16/h4-5,8,10,16H,6-7H2,1-3H3/t10-/m1/s1. The van der Waals surface area contributed by atoms with Gasteiger partial charge in [0.05, 0.1) is 23.4 Å². The van der Waals surface area contributed by atoms with E-state index in [1.165, 1.54) is 11.3 Å². The molecule has 18 heavy (non-hydrogen) atoms. The molecule has 1 N–H and O–H groups in total. The molecule has 1 amide bonds. The van der Waals surface area contributed by atoms with E-state index in [2.05, 4.69) is 18.8 Å². The van der Waals surface area contributed by atoms with Crippen LogP contribution in [0.15, 0.2) is 12.2 Å². The van der Waals surface area contributed by atoms with E-state index in [4.69, 9.17) is 0 Å². The lowest BCUT2D eigenvalue weighted by Gasteiger charge is -2.22. The minimum absolute atomic E-state index is 0.0269. The van der Waals surface area contributed by atoms with Crippen LogP contribution in [0.3, 0.4) is 0 Å². The molecule has 0 spiro atoms. The summed E-state index contributed by atoms with van der Waals surface area (Å²) in [7, 11) is 0. The number of hydrogen-bond acceptors (Lipinski definition) is 4. The van der Waals surface area contributed by atoms with Crippen molar-refractivity contribution < 1.29 is 9.90 Å². The molecule has 0 bridgehead atoms. The Bertz CT molecular complexity index is 479. The van der Waals surface area contributed by atoms with Gasteiger partial charge in [-0.2, -0.15) is 0 Å². The largest absolute Gasteiger partial charge is 0.394 e. The van der Waals surface area contributed by atoms with Crippen molar-refractivity contribution in [3.05, 3.63) is 27.7 Å². The Morgan fingerprint density at radius 3 is 2.94 bits per heavy atom. The van der Waals surface area contributed by atoms with Crippen molar-refractivity contribution in [3.8, 4) is 0 Å². The highest BCUT2D eigenvalue weighted by Gasteiger charge is 2.28. The van der Waals surface area contributed by atoms with Crippen LogP contribution in [-0.2, 0) is 0 Å². The van der Waals surface area contributed by atoms with Gasteiger partial charge >= 0.3 is 0 Å². The smallest absolute Gasteiger partial charge is 0.266 e. The van der Waals surface area contributed by atoms with Gasteiger partial charge in [0.1, 0.15) is 4.88 Å². The molecule has 4 nitrogen and oxygen atoms in total. The number of aryl methyl sites for hydroxylation is 1. The molecule has 1 aliphatic heterocycles. The highest BCUT2D eigenvalue weighted by Crippen LogP contribution is 2.27. The van der Waals surface area contributed by atoms with E-state index >= 15 is 0 Å². The van der Waals surface area contributed by atoms with E-state index in [0.717, 1.165) is 10.7 Å². The molecule has 0 saturated heterocycles. The summed E-state index contributed by atoms with van der Waals surface area (Å²) in [5, 5.41) is 10.2. The first-order valence-electron chi connectivity index (χ1n) is 6.10. The van der Waals surface area contributed by atoms with Crippen LogP contribution in [0, 0.1) is 6.92 Å². The molecular formula is C13H18N2O2S. The zero-order chi connectivity index (χ0) is 13.3. The normalized spacial score (nSPS) is 18.9. The van der Waals surface area contributed by atoms with Crippen LogP contribution in [0.4, 0.5) is 0 Å². The Hall–Kier alpha value is -1.20. The summed E-state index contributed by atoms with van der Waals surface area (Å²) < 4.78 is 0. The van der Waals surface area contributed by atoms with Gasteiger partial charge in [0.2, 0.25) is 0 Å². The maximum absolute atomic E-state index is 12.4. The van der Waals surface area contributed by atoms with Crippen LogP contribution < -0.4 is 0 Å². The average Bonchev–Trinajstić information content (AvgIpc) is 2.93. The molecule has 5 heteroatoms. The molecule has 1 aromatic heterocycles. The fraction of sp³-hybridized carbons (Fsp3) is 0.538. The highest BCUT2D eigenvalue weighted by atomic mass is 32.1. The van der Waals surface area contributed by atoms with Crippen molar-refractivity contribution in [2.75, 3.05) is 13.2 Å². The van der Waals surface area contributed by atoms with Gasteiger partial charge in [-0.25, -0.2) is 4.98 Å². The second-order valence-electron chi connectivity index (χ2n) is 4.76. The van der Waals surface area contributed by atoms with Crippen molar-refractivity contribution in [1.29, 1.82) is 0 Å². The monoisotopic (exact) mass is 266 g/mol. The summed E-state index contributed by atoms with van der Waals surface area (Å²) >= 11 is 1.46. The van der Waals surface area contributed by atoms with Crippen LogP contribution in [0.1, 0.15) is 40.1 Å². The molecule has 2 heterocycles. The zero-order valence-electron chi connectivity index (χ0n) is 10.9. The number of carbonyl (C=O) groups excluding carboxylic acids is 1. The van der Waals surface area contributed by atoms with Crippen LogP contribution in [0.2, 0.25) is 0 Å². The molecule has 0 saturated carbocycles. The first-order chi connectivity index (χ1) is 8.54. The fourth-order valence-electron chi connectivity index (χ4n) is 1.96. The number of aromatic nitrogens is 1. The highest BCUT2D eigenvalue weighted by molar-refractivity contribution is 7.13. The summed E-state index contributed by atoms with van der Waals surface area (Å²) in [5.74, 6) is 0.307. The zero-order valence-corrected chi connectivity index (χ0v) is 11.7. The summed E-state index contributed by atoms with van der Waals surface area (Å²) in [4.78, 5) is 19.2. The van der Waals surface area contributed by atoms with Crippen molar-refractivity contribution >= 4 is 17.2 Å². The Balaban J connectivity index is 2.24. The third kappa shape index (κ3) is 2.33. The predicted octanol–water partition coefficient (Wildman–Crippen LogP) is 1.95. The molecular weight excluding hydrogens is 248 g/mol. The minimum atomic E-state index is -0.193. The number of rotatable bonds is 3. The van der Waals surface area contributed by atoms with Gasteiger partial charge in [-0.05, 0) is 6.92 Å². The molecule has 1 atom stereocenters. The number of carbonyl (C=O) groups is 1. The second kappa shape index (κ2) is 5.20.